The number of nitrogens with two attached hydrogens (primary N) is 1. The average Bonchev–Trinajstić information content (AvgIpc) is 3.12. The van der Waals surface area contributed by atoms with Gasteiger partial charge in [0.25, 0.3) is 0 Å². The topological polar surface area (TPSA) is 72.2 Å². The molecule has 1 aliphatic carbocycles. The fourth-order valence-electron chi connectivity index (χ4n) is 1.76. The van der Waals surface area contributed by atoms with Gasteiger partial charge in [0.1, 0.15) is 0 Å². The van der Waals surface area contributed by atoms with Crippen molar-refractivity contribution >= 4 is 31.6 Å². The van der Waals surface area contributed by atoms with Gasteiger partial charge in [-0.15, -0.1) is 0 Å². The average molecular weight is 333 g/mol. The molecule has 1 fully saturated rings. The maximum absolute atomic E-state index is 12.0. The van der Waals surface area contributed by atoms with Crippen LogP contribution in [0, 0.1) is 5.92 Å². The summed E-state index contributed by atoms with van der Waals surface area (Å²) in [7, 11) is -3.41. The number of benzene rings is 1. The van der Waals surface area contributed by atoms with Gasteiger partial charge < -0.3 is 5.73 Å². The van der Waals surface area contributed by atoms with Crippen LogP contribution in [0.4, 0.5) is 5.69 Å². The molecule has 1 saturated carbocycles. The van der Waals surface area contributed by atoms with Crippen LogP contribution in [0.5, 0.6) is 0 Å². The number of halogens is 1. The predicted octanol–water partition coefficient (Wildman–Crippen LogP) is 2.50. The van der Waals surface area contributed by atoms with Crippen LogP contribution in [0.2, 0.25) is 0 Å². The van der Waals surface area contributed by atoms with Crippen molar-refractivity contribution in [1.29, 1.82) is 0 Å². The Labute approximate surface area is 116 Å². The van der Waals surface area contributed by atoms with Crippen LogP contribution in [0.25, 0.3) is 0 Å². The van der Waals surface area contributed by atoms with Crippen LogP contribution in [0.1, 0.15) is 25.7 Å². The van der Waals surface area contributed by atoms with E-state index in [0.29, 0.717) is 16.7 Å². The second-order valence-corrected chi connectivity index (χ2v) is 7.29. The Morgan fingerprint density at radius 3 is 2.72 bits per heavy atom. The first kappa shape index (κ1) is 13.8. The molecule has 100 valence electrons. The lowest BCUT2D eigenvalue weighted by molar-refractivity contribution is 0.572. The summed E-state index contributed by atoms with van der Waals surface area (Å²) in [5.41, 5.74) is 6.16. The van der Waals surface area contributed by atoms with Crippen molar-refractivity contribution in [2.24, 2.45) is 5.92 Å². The monoisotopic (exact) mass is 332 g/mol. The maximum Gasteiger partial charge on any atom is 0.240 e. The largest absolute Gasteiger partial charge is 0.398 e. The van der Waals surface area contributed by atoms with Crippen molar-refractivity contribution in [2.75, 3.05) is 12.3 Å². The zero-order chi connectivity index (χ0) is 13.2. The molecule has 0 aromatic heterocycles. The molecule has 1 aliphatic rings. The molecule has 0 aliphatic heterocycles. The Balaban J connectivity index is 1.93. The molecule has 2 rings (SSSR count). The number of anilines is 1. The zero-order valence-electron chi connectivity index (χ0n) is 10.0. The van der Waals surface area contributed by atoms with Gasteiger partial charge in [0.2, 0.25) is 10.0 Å². The van der Waals surface area contributed by atoms with E-state index < -0.39 is 10.0 Å². The molecular weight excluding hydrogens is 316 g/mol. The molecule has 0 saturated heterocycles. The molecule has 18 heavy (non-hydrogen) atoms. The molecule has 3 N–H and O–H groups in total. The van der Waals surface area contributed by atoms with Crippen molar-refractivity contribution in [3.05, 3.63) is 22.7 Å². The van der Waals surface area contributed by atoms with E-state index in [2.05, 4.69) is 20.7 Å². The molecule has 6 heteroatoms. The van der Waals surface area contributed by atoms with Crippen molar-refractivity contribution in [2.45, 2.75) is 30.6 Å². The minimum absolute atomic E-state index is 0.245. The van der Waals surface area contributed by atoms with Crippen molar-refractivity contribution in [1.82, 2.24) is 4.72 Å². The SMILES string of the molecule is Nc1ccc(S(=O)(=O)NCCCC2CC2)cc1Br. The number of nitrogens with one attached hydrogen (secondary N) is 1. The summed E-state index contributed by atoms with van der Waals surface area (Å²) in [6, 6.07) is 4.63. The van der Waals surface area contributed by atoms with Gasteiger partial charge in [-0.1, -0.05) is 12.8 Å². The first-order valence-electron chi connectivity index (χ1n) is 6.04. The molecule has 1 aromatic rings. The molecule has 0 amide bonds. The van der Waals surface area contributed by atoms with E-state index in [1.807, 2.05) is 0 Å². The highest BCUT2D eigenvalue weighted by molar-refractivity contribution is 9.10. The summed E-state index contributed by atoms with van der Waals surface area (Å²) in [5, 5.41) is 0. The molecule has 0 bridgehead atoms. The molecule has 0 radical (unpaired) electrons. The Hall–Kier alpha value is -0.590. The minimum atomic E-state index is -3.41. The Morgan fingerprint density at radius 1 is 1.39 bits per heavy atom. The number of hydrogen-bond acceptors (Lipinski definition) is 3. The minimum Gasteiger partial charge on any atom is -0.398 e. The van der Waals surface area contributed by atoms with E-state index in [1.54, 1.807) is 6.07 Å². The zero-order valence-corrected chi connectivity index (χ0v) is 12.4. The summed E-state index contributed by atoms with van der Waals surface area (Å²) < 4.78 is 27.2. The van der Waals surface area contributed by atoms with Crippen LogP contribution in [0.3, 0.4) is 0 Å². The van der Waals surface area contributed by atoms with Gasteiger partial charge in [-0.25, -0.2) is 13.1 Å². The molecular formula is C12H17BrN2O2S. The molecule has 0 unspecified atom stereocenters. The first-order valence-corrected chi connectivity index (χ1v) is 8.31. The molecule has 1 aromatic carbocycles. The molecule has 0 heterocycles. The third-order valence-electron chi connectivity index (χ3n) is 3.06. The predicted molar refractivity (Wildman–Crippen MR) is 75.7 cm³/mol. The first-order chi connectivity index (χ1) is 8.49. The normalized spacial score (nSPS) is 15.8. The lowest BCUT2D eigenvalue weighted by atomic mass is 10.2. The Bertz CT molecular complexity index is 527. The van der Waals surface area contributed by atoms with E-state index in [9.17, 15) is 8.42 Å². The van der Waals surface area contributed by atoms with Crippen LogP contribution in [0.15, 0.2) is 27.6 Å². The fraction of sp³-hybridized carbons (Fsp3) is 0.500. The highest BCUT2D eigenvalue weighted by Crippen LogP contribution is 2.33. The van der Waals surface area contributed by atoms with Gasteiger partial charge in [-0.2, -0.15) is 0 Å². The standard InChI is InChI=1S/C12H17BrN2O2S/c13-11-8-10(5-6-12(11)14)18(16,17)15-7-1-2-9-3-4-9/h5-6,8-9,15H,1-4,7,14H2. The summed E-state index contributed by atoms with van der Waals surface area (Å²) in [6.07, 6.45) is 4.63. The van der Waals surface area contributed by atoms with Gasteiger partial charge in [0.15, 0.2) is 0 Å². The van der Waals surface area contributed by atoms with Gasteiger partial charge in [-0.3, -0.25) is 0 Å². The van der Waals surface area contributed by atoms with Gasteiger partial charge in [0.05, 0.1) is 4.90 Å². The third kappa shape index (κ3) is 3.70. The van der Waals surface area contributed by atoms with Crippen LogP contribution < -0.4 is 10.5 Å². The highest BCUT2D eigenvalue weighted by atomic mass is 79.9. The molecule has 0 atom stereocenters. The van der Waals surface area contributed by atoms with Gasteiger partial charge in [0, 0.05) is 16.7 Å². The van der Waals surface area contributed by atoms with Gasteiger partial charge >= 0.3 is 0 Å². The lowest BCUT2D eigenvalue weighted by Crippen LogP contribution is -2.24. The van der Waals surface area contributed by atoms with Crippen LogP contribution in [-0.2, 0) is 10.0 Å². The van der Waals surface area contributed by atoms with E-state index in [-0.39, 0.29) is 4.90 Å². The summed E-state index contributed by atoms with van der Waals surface area (Å²) in [4.78, 5) is 0.245. The Kier molecular flexibility index (Phi) is 4.29. The van der Waals surface area contributed by atoms with Crippen molar-refractivity contribution in [3.8, 4) is 0 Å². The van der Waals surface area contributed by atoms with Crippen LogP contribution in [-0.4, -0.2) is 15.0 Å². The molecule has 0 spiro atoms. The third-order valence-corrected chi connectivity index (χ3v) is 5.21. The number of rotatable bonds is 6. The van der Waals surface area contributed by atoms with E-state index in [1.165, 1.54) is 25.0 Å². The summed E-state index contributed by atoms with van der Waals surface area (Å²) >= 11 is 3.23. The van der Waals surface area contributed by atoms with E-state index >= 15 is 0 Å². The Morgan fingerprint density at radius 2 is 2.11 bits per heavy atom. The fourth-order valence-corrected chi connectivity index (χ4v) is 3.39. The quantitative estimate of drug-likeness (QED) is 0.621. The van der Waals surface area contributed by atoms with Crippen molar-refractivity contribution < 1.29 is 8.42 Å². The van der Waals surface area contributed by atoms with Crippen molar-refractivity contribution in [3.63, 3.8) is 0 Å². The second-order valence-electron chi connectivity index (χ2n) is 4.67. The smallest absolute Gasteiger partial charge is 0.240 e. The number of hydrogen-bond donors (Lipinski definition) is 2. The van der Waals surface area contributed by atoms with E-state index in [4.69, 9.17) is 5.73 Å². The lowest BCUT2D eigenvalue weighted by Gasteiger charge is -2.07. The van der Waals surface area contributed by atoms with E-state index in [0.717, 1.165) is 18.8 Å². The highest BCUT2D eigenvalue weighted by Gasteiger charge is 2.21. The summed E-state index contributed by atoms with van der Waals surface area (Å²) in [5.74, 6) is 0.833. The summed E-state index contributed by atoms with van der Waals surface area (Å²) in [6.45, 7) is 0.501. The maximum atomic E-state index is 12.0. The second kappa shape index (κ2) is 5.59. The number of nitrogen functional groups attached to an aromatic ring is 1. The van der Waals surface area contributed by atoms with Crippen LogP contribution >= 0.6 is 15.9 Å². The molecule has 4 nitrogen and oxygen atoms in total. The van der Waals surface area contributed by atoms with Gasteiger partial charge in [-0.05, 0) is 52.9 Å². The number of sulfonamides is 1.